The highest BCUT2D eigenvalue weighted by Gasteiger charge is 2.16. The van der Waals surface area contributed by atoms with Crippen LogP contribution in [0.2, 0.25) is 15.1 Å². The van der Waals surface area contributed by atoms with E-state index in [0.29, 0.717) is 20.9 Å². The van der Waals surface area contributed by atoms with E-state index >= 15 is 0 Å². The van der Waals surface area contributed by atoms with Crippen molar-refractivity contribution < 1.29 is 0 Å². The highest BCUT2D eigenvalue weighted by atomic mass is 35.5. The lowest BCUT2D eigenvalue weighted by molar-refractivity contribution is 1.28. The number of aliphatic imine (C=N–C) groups is 1. The Kier molecular flexibility index (Phi) is 3.63. The summed E-state index contributed by atoms with van der Waals surface area (Å²) in [6.07, 6.45) is 0. The zero-order valence-corrected chi connectivity index (χ0v) is 12.5. The summed E-state index contributed by atoms with van der Waals surface area (Å²) in [5.74, 6) is 0.710. The summed E-state index contributed by atoms with van der Waals surface area (Å²) in [7, 11) is 0. The van der Waals surface area contributed by atoms with E-state index in [2.05, 4.69) is 9.71 Å². The van der Waals surface area contributed by atoms with Crippen LogP contribution in [0, 0.1) is 0 Å². The van der Waals surface area contributed by atoms with Gasteiger partial charge < -0.3 is 4.72 Å². The largest absolute Gasteiger partial charge is 0.310 e. The van der Waals surface area contributed by atoms with E-state index in [1.165, 1.54) is 11.9 Å². The van der Waals surface area contributed by atoms with Crippen LogP contribution in [0.5, 0.6) is 0 Å². The number of amidine groups is 1. The van der Waals surface area contributed by atoms with Gasteiger partial charge >= 0.3 is 0 Å². The van der Waals surface area contributed by atoms with E-state index in [9.17, 15) is 0 Å². The normalized spacial score (nSPS) is 13.5. The van der Waals surface area contributed by atoms with Crippen LogP contribution in [0.15, 0.2) is 46.3 Å². The first kappa shape index (κ1) is 13.1. The molecule has 0 saturated carbocycles. The van der Waals surface area contributed by atoms with Crippen LogP contribution in [0.1, 0.15) is 5.56 Å². The van der Waals surface area contributed by atoms with Crippen molar-refractivity contribution in [1.29, 1.82) is 0 Å². The topological polar surface area (TPSA) is 24.4 Å². The number of rotatable bonds is 1. The van der Waals surface area contributed by atoms with Gasteiger partial charge in [-0.25, -0.2) is 4.99 Å². The zero-order valence-electron chi connectivity index (χ0n) is 9.45. The van der Waals surface area contributed by atoms with Crippen molar-refractivity contribution in [2.45, 2.75) is 4.90 Å². The van der Waals surface area contributed by atoms with Gasteiger partial charge in [-0.2, -0.15) is 0 Å². The molecule has 1 aliphatic heterocycles. The van der Waals surface area contributed by atoms with Crippen molar-refractivity contribution in [2.24, 2.45) is 4.99 Å². The molecule has 0 spiro atoms. The fraction of sp³-hybridized carbons (Fsp3) is 0. The highest BCUT2D eigenvalue weighted by molar-refractivity contribution is 7.98. The van der Waals surface area contributed by atoms with Gasteiger partial charge in [-0.05, 0) is 48.3 Å². The third kappa shape index (κ3) is 2.70. The van der Waals surface area contributed by atoms with Crippen LogP contribution in [-0.2, 0) is 0 Å². The molecule has 0 bridgehead atoms. The predicted octanol–water partition coefficient (Wildman–Crippen LogP) is 5.34. The van der Waals surface area contributed by atoms with Gasteiger partial charge in [0.15, 0.2) is 0 Å². The average molecular weight is 330 g/mol. The second kappa shape index (κ2) is 5.25. The van der Waals surface area contributed by atoms with Crippen molar-refractivity contribution >= 4 is 58.3 Å². The van der Waals surface area contributed by atoms with Crippen LogP contribution in [0.3, 0.4) is 0 Å². The van der Waals surface area contributed by atoms with Crippen molar-refractivity contribution in [2.75, 3.05) is 0 Å². The van der Waals surface area contributed by atoms with E-state index < -0.39 is 0 Å². The molecule has 6 heteroatoms. The average Bonchev–Trinajstić information content (AvgIpc) is 2.38. The lowest BCUT2D eigenvalue weighted by Gasteiger charge is -2.17. The number of fused-ring (bicyclic) bond motifs is 1. The maximum absolute atomic E-state index is 6.18. The maximum Gasteiger partial charge on any atom is 0.145 e. The standard InChI is InChI=1S/C13H7Cl3N2S/c14-7-1-3-9(10(16)5-7)13-17-11-4-2-8(15)6-12(11)19-18-13/h1-6H,(H,17,18). The van der Waals surface area contributed by atoms with Gasteiger partial charge in [0.25, 0.3) is 0 Å². The number of nitrogens with zero attached hydrogens (tertiary/aromatic N) is 1. The van der Waals surface area contributed by atoms with Gasteiger partial charge in [0, 0.05) is 15.6 Å². The quantitative estimate of drug-likeness (QED) is 0.715. The number of benzene rings is 2. The second-order valence-electron chi connectivity index (χ2n) is 3.90. The van der Waals surface area contributed by atoms with E-state index in [-0.39, 0.29) is 0 Å². The Morgan fingerprint density at radius 3 is 2.47 bits per heavy atom. The minimum absolute atomic E-state index is 0.566. The van der Waals surface area contributed by atoms with Gasteiger partial charge in [0.1, 0.15) is 5.84 Å². The summed E-state index contributed by atoms with van der Waals surface area (Å²) in [4.78, 5) is 5.53. The van der Waals surface area contributed by atoms with Crippen LogP contribution in [0.25, 0.3) is 0 Å². The van der Waals surface area contributed by atoms with E-state index in [1.54, 1.807) is 12.1 Å². The first-order valence-corrected chi connectivity index (χ1v) is 7.35. The van der Waals surface area contributed by atoms with Gasteiger partial charge in [0.05, 0.1) is 15.6 Å². The Labute approximate surface area is 129 Å². The molecule has 0 aliphatic carbocycles. The summed E-state index contributed by atoms with van der Waals surface area (Å²) in [5.41, 5.74) is 1.69. The van der Waals surface area contributed by atoms with E-state index in [4.69, 9.17) is 34.8 Å². The number of nitrogens with one attached hydrogen (secondary N) is 1. The third-order valence-electron chi connectivity index (χ3n) is 2.60. The van der Waals surface area contributed by atoms with Crippen LogP contribution in [0.4, 0.5) is 5.69 Å². The van der Waals surface area contributed by atoms with Gasteiger partial charge in [-0.15, -0.1) is 0 Å². The van der Waals surface area contributed by atoms with E-state index in [0.717, 1.165) is 16.1 Å². The maximum atomic E-state index is 6.18. The molecular weight excluding hydrogens is 323 g/mol. The Morgan fingerprint density at radius 2 is 1.68 bits per heavy atom. The molecule has 96 valence electrons. The molecule has 0 radical (unpaired) electrons. The summed E-state index contributed by atoms with van der Waals surface area (Å²) in [6, 6.07) is 10.9. The van der Waals surface area contributed by atoms with Crippen LogP contribution in [-0.4, -0.2) is 5.84 Å². The fourth-order valence-corrected chi connectivity index (χ4v) is 3.21. The molecule has 3 rings (SSSR count). The van der Waals surface area contributed by atoms with Gasteiger partial charge in [0.2, 0.25) is 0 Å². The Hall–Kier alpha value is -0.870. The summed E-state index contributed by atoms with van der Waals surface area (Å²) in [6.45, 7) is 0. The minimum Gasteiger partial charge on any atom is -0.310 e. The molecule has 0 amide bonds. The molecule has 0 aromatic heterocycles. The van der Waals surface area contributed by atoms with Crippen LogP contribution >= 0.6 is 46.8 Å². The first-order chi connectivity index (χ1) is 9.13. The predicted molar refractivity (Wildman–Crippen MR) is 83.1 cm³/mol. The fourth-order valence-electron chi connectivity index (χ4n) is 1.71. The minimum atomic E-state index is 0.566. The van der Waals surface area contributed by atoms with Gasteiger partial charge in [-0.3, -0.25) is 0 Å². The SMILES string of the molecule is Clc1ccc(C2=Nc3ccc(Cl)cc3SN2)c(Cl)c1. The smallest absolute Gasteiger partial charge is 0.145 e. The lowest BCUT2D eigenvalue weighted by Crippen LogP contribution is -2.20. The van der Waals surface area contributed by atoms with Crippen molar-refractivity contribution in [3.05, 3.63) is 57.0 Å². The Bertz CT molecular complexity index is 686. The molecule has 1 aliphatic rings. The van der Waals surface area contributed by atoms with Crippen molar-refractivity contribution in [3.63, 3.8) is 0 Å². The Balaban J connectivity index is 2.05. The molecule has 1 N–H and O–H groups in total. The van der Waals surface area contributed by atoms with E-state index in [1.807, 2.05) is 24.3 Å². The molecule has 0 fully saturated rings. The molecular formula is C13H7Cl3N2S. The molecule has 19 heavy (non-hydrogen) atoms. The monoisotopic (exact) mass is 328 g/mol. The summed E-state index contributed by atoms with van der Waals surface area (Å²) in [5, 5.41) is 1.86. The van der Waals surface area contributed by atoms with Crippen LogP contribution < -0.4 is 4.72 Å². The highest BCUT2D eigenvalue weighted by Crippen LogP contribution is 2.35. The van der Waals surface area contributed by atoms with Crippen molar-refractivity contribution in [3.8, 4) is 0 Å². The molecule has 1 heterocycles. The zero-order chi connectivity index (χ0) is 13.4. The summed E-state index contributed by atoms with van der Waals surface area (Å²) >= 11 is 19.5. The molecule has 0 atom stereocenters. The molecule has 0 unspecified atom stereocenters. The first-order valence-electron chi connectivity index (χ1n) is 5.40. The Morgan fingerprint density at radius 1 is 0.947 bits per heavy atom. The molecule has 2 nitrogen and oxygen atoms in total. The third-order valence-corrected chi connectivity index (χ3v) is 4.22. The van der Waals surface area contributed by atoms with Gasteiger partial charge in [-0.1, -0.05) is 34.8 Å². The van der Waals surface area contributed by atoms with Crippen molar-refractivity contribution in [1.82, 2.24) is 4.72 Å². The number of hydrogen-bond acceptors (Lipinski definition) is 3. The number of halogens is 3. The molecule has 2 aromatic carbocycles. The second-order valence-corrected chi connectivity index (χ2v) is 6.03. The number of hydrogen-bond donors (Lipinski definition) is 1. The summed E-state index contributed by atoms with van der Waals surface area (Å²) < 4.78 is 3.16. The molecule has 0 saturated heterocycles. The lowest BCUT2D eigenvalue weighted by atomic mass is 10.2. The molecule has 2 aromatic rings.